The standard InChI is InChI=1S/C33H38ClFN6O4/c1-18(2)25-27(19(3)12-13-36-25)41-30-22(16-23(34)26(37-30)21-10-9-11-24(35)28(21)44-8)29(38-31(41)42)40-15-14-39(17-20(40)4)32(43)45-33(5,6)7/h9-13,16,18,20H,14-15,17H2,1-8H3/t20-/m0/s1. The van der Waals surface area contributed by atoms with E-state index in [9.17, 15) is 14.0 Å². The van der Waals surface area contributed by atoms with Gasteiger partial charge in [-0.3, -0.25) is 4.98 Å². The number of pyridine rings is 2. The number of carbonyl (C=O) groups excluding carboxylic acids is 1. The monoisotopic (exact) mass is 636 g/mol. The van der Waals surface area contributed by atoms with Crippen molar-refractivity contribution < 1.29 is 18.7 Å². The first-order valence-electron chi connectivity index (χ1n) is 14.9. The Morgan fingerprint density at radius 2 is 1.89 bits per heavy atom. The fraction of sp³-hybridized carbons (Fsp3) is 0.424. The largest absolute Gasteiger partial charge is 0.493 e. The summed E-state index contributed by atoms with van der Waals surface area (Å²) in [5, 5.41) is 0.751. The van der Waals surface area contributed by atoms with E-state index in [2.05, 4.69) is 9.97 Å². The van der Waals surface area contributed by atoms with Crippen molar-refractivity contribution in [2.24, 2.45) is 0 Å². The second-order valence-corrected chi connectivity index (χ2v) is 13.0. The third kappa shape index (κ3) is 6.18. The molecular formula is C33H38ClFN6O4. The van der Waals surface area contributed by atoms with Crippen molar-refractivity contribution in [1.29, 1.82) is 0 Å². The number of aromatic nitrogens is 4. The Morgan fingerprint density at radius 1 is 1.16 bits per heavy atom. The minimum atomic E-state index is -0.622. The number of carbonyl (C=O) groups is 1. The van der Waals surface area contributed by atoms with Crippen molar-refractivity contribution in [3.63, 3.8) is 0 Å². The second-order valence-electron chi connectivity index (χ2n) is 12.5. The molecule has 45 heavy (non-hydrogen) atoms. The first-order valence-corrected chi connectivity index (χ1v) is 15.3. The normalized spacial score (nSPS) is 15.6. The van der Waals surface area contributed by atoms with Crippen molar-refractivity contribution >= 4 is 34.5 Å². The number of anilines is 1. The van der Waals surface area contributed by atoms with Crippen LogP contribution in [0, 0.1) is 12.7 Å². The molecule has 0 aliphatic carbocycles. The number of amides is 1. The summed E-state index contributed by atoms with van der Waals surface area (Å²) in [7, 11) is 1.38. The maximum atomic E-state index is 14.8. The second kappa shape index (κ2) is 12.3. The van der Waals surface area contributed by atoms with E-state index in [-0.39, 0.29) is 34.1 Å². The summed E-state index contributed by atoms with van der Waals surface area (Å²) in [6, 6.07) is 7.83. The van der Waals surface area contributed by atoms with Gasteiger partial charge in [0, 0.05) is 37.4 Å². The molecule has 238 valence electrons. The van der Waals surface area contributed by atoms with E-state index in [1.165, 1.54) is 17.7 Å². The minimum absolute atomic E-state index is 0.0123. The molecular weight excluding hydrogens is 599 g/mol. The summed E-state index contributed by atoms with van der Waals surface area (Å²) in [6.07, 6.45) is 1.32. The van der Waals surface area contributed by atoms with Crippen molar-refractivity contribution in [3.05, 3.63) is 69.1 Å². The summed E-state index contributed by atoms with van der Waals surface area (Å²) in [5.41, 5.74) is 1.80. The summed E-state index contributed by atoms with van der Waals surface area (Å²) < 4.78 is 27.2. The molecule has 1 atom stereocenters. The Kier molecular flexibility index (Phi) is 8.77. The molecule has 0 spiro atoms. The Bertz CT molecular complexity index is 1840. The highest BCUT2D eigenvalue weighted by atomic mass is 35.5. The zero-order chi connectivity index (χ0) is 32.8. The molecule has 4 heterocycles. The average Bonchev–Trinajstić information content (AvgIpc) is 2.96. The number of aryl methyl sites for hydroxylation is 1. The summed E-state index contributed by atoms with van der Waals surface area (Å²) in [6.45, 7) is 14.5. The Morgan fingerprint density at radius 3 is 2.53 bits per heavy atom. The van der Waals surface area contributed by atoms with Crippen LogP contribution in [0.25, 0.3) is 28.0 Å². The summed E-state index contributed by atoms with van der Waals surface area (Å²) in [5.74, 6) is -0.204. The van der Waals surface area contributed by atoms with E-state index in [1.807, 2.05) is 59.4 Å². The van der Waals surface area contributed by atoms with Crippen molar-refractivity contribution in [2.45, 2.75) is 66.0 Å². The molecule has 0 radical (unpaired) electrons. The van der Waals surface area contributed by atoms with Gasteiger partial charge in [-0.25, -0.2) is 23.5 Å². The predicted octanol–water partition coefficient (Wildman–Crippen LogP) is 6.52. The maximum Gasteiger partial charge on any atom is 0.410 e. The molecule has 0 N–H and O–H groups in total. The van der Waals surface area contributed by atoms with Crippen LogP contribution in [0.4, 0.5) is 15.0 Å². The van der Waals surface area contributed by atoms with Gasteiger partial charge in [-0.2, -0.15) is 4.98 Å². The third-order valence-electron chi connectivity index (χ3n) is 7.70. The van der Waals surface area contributed by atoms with Gasteiger partial charge >= 0.3 is 11.8 Å². The number of ether oxygens (including phenoxy) is 2. The number of para-hydroxylation sites is 1. The first kappa shape index (κ1) is 32.2. The van der Waals surface area contributed by atoms with Gasteiger partial charge in [-0.1, -0.05) is 31.5 Å². The zero-order valence-corrected chi connectivity index (χ0v) is 27.6. The number of nitrogens with zero attached hydrogens (tertiary/aromatic N) is 6. The van der Waals surface area contributed by atoms with Crippen LogP contribution in [0.5, 0.6) is 5.75 Å². The number of piperazine rings is 1. The third-order valence-corrected chi connectivity index (χ3v) is 7.99. The van der Waals surface area contributed by atoms with Gasteiger partial charge in [-0.05, 0) is 70.4 Å². The van der Waals surface area contributed by atoms with Crippen LogP contribution in [0.15, 0.2) is 41.3 Å². The maximum absolute atomic E-state index is 14.8. The van der Waals surface area contributed by atoms with E-state index in [0.717, 1.165) is 5.56 Å². The van der Waals surface area contributed by atoms with Crippen LogP contribution in [0.1, 0.15) is 58.7 Å². The fourth-order valence-electron chi connectivity index (χ4n) is 5.67. The zero-order valence-electron chi connectivity index (χ0n) is 26.8. The number of fused-ring (bicyclic) bond motifs is 1. The lowest BCUT2D eigenvalue weighted by molar-refractivity contribution is 0.0218. The molecule has 5 rings (SSSR count). The van der Waals surface area contributed by atoms with Gasteiger partial charge in [-0.15, -0.1) is 0 Å². The van der Waals surface area contributed by atoms with Gasteiger partial charge in [0.2, 0.25) is 0 Å². The molecule has 1 aliphatic rings. The Hall–Kier alpha value is -4.25. The topological polar surface area (TPSA) is 103 Å². The van der Waals surface area contributed by atoms with Crippen molar-refractivity contribution in [1.82, 2.24) is 24.4 Å². The lowest BCUT2D eigenvalue weighted by Crippen LogP contribution is -2.55. The van der Waals surface area contributed by atoms with Gasteiger partial charge in [0.25, 0.3) is 0 Å². The number of halogens is 2. The molecule has 12 heteroatoms. The summed E-state index contributed by atoms with van der Waals surface area (Å²) in [4.78, 5) is 44.7. The van der Waals surface area contributed by atoms with Crippen LogP contribution in [-0.2, 0) is 4.74 Å². The molecule has 1 aliphatic heterocycles. The van der Waals surface area contributed by atoms with Gasteiger partial charge in [0.15, 0.2) is 17.2 Å². The van der Waals surface area contributed by atoms with E-state index in [1.54, 1.807) is 29.3 Å². The van der Waals surface area contributed by atoms with E-state index < -0.39 is 23.2 Å². The Balaban J connectivity index is 1.75. The van der Waals surface area contributed by atoms with E-state index >= 15 is 0 Å². The first-order chi connectivity index (χ1) is 21.2. The van der Waals surface area contributed by atoms with Crippen LogP contribution in [-0.4, -0.2) is 68.9 Å². The number of rotatable bonds is 5. The van der Waals surface area contributed by atoms with E-state index in [4.69, 9.17) is 26.1 Å². The quantitative estimate of drug-likeness (QED) is 0.244. The predicted molar refractivity (Wildman–Crippen MR) is 173 cm³/mol. The van der Waals surface area contributed by atoms with E-state index in [0.29, 0.717) is 47.8 Å². The highest BCUT2D eigenvalue weighted by Gasteiger charge is 2.33. The lowest BCUT2D eigenvalue weighted by Gasteiger charge is -2.41. The van der Waals surface area contributed by atoms with Crippen LogP contribution >= 0.6 is 11.6 Å². The highest BCUT2D eigenvalue weighted by molar-refractivity contribution is 6.34. The molecule has 10 nitrogen and oxygen atoms in total. The molecule has 4 aromatic rings. The van der Waals surface area contributed by atoms with Crippen LogP contribution in [0.3, 0.4) is 0 Å². The molecule has 1 aromatic carbocycles. The average molecular weight is 637 g/mol. The molecule has 3 aromatic heterocycles. The number of hydrogen-bond acceptors (Lipinski definition) is 8. The number of methoxy groups -OCH3 is 1. The minimum Gasteiger partial charge on any atom is -0.493 e. The highest BCUT2D eigenvalue weighted by Crippen LogP contribution is 2.39. The lowest BCUT2D eigenvalue weighted by atomic mass is 10.0. The molecule has 0 bridgehead atoms. The fourth-order valence-corrected chi connectivity index (χ4v) is 5.92. The molecule has 1 saturated heterocycles. The van der Waals surface area contributed by atoms with Gasteiger partial charge < -0.3 is 19.3 Å². The SMILES string of the molecule is COc1c(F)cccc1-c1nc2c(cc1Cl)c(N1CCN(C(=O)OC(C)(C)C)C[C@@H]1C)nc(=O)n2-c1c(C)ccnc1C(C)C. The van der Waals surface area contributed by atoms with Gasteiger partial charge in [0.05, 0.1) is 34.6 Å². The molecule has 1 amide bonds. The van der Waals surface area contributed by atoms with Crippen molar-refractivity contribution in [3.8, 4) is 22.7 Å². The van der Waals surface area contributed by atoms with Crippen LogP contribution in [0.2, 0.25) is 5.02 Å². The molecule has 0 unspecified atom stereocenters. The molecule has 0 saturated carbocycles. The summed E-state index contributed by atoms with van der Waals surface area (Å²) >= 11 is 6.89. The molecule has 1 fully saturated rings. The van der Waals surface area contributed by atoms with Gasteiger partial charge in [0.1, 0.15) is 11.4 Å². The number of benzene rings is 1. The number of hydrogen-bond donors (Lipinski definition) is 0. The van der Waals surface area contributed by atoms with Crippen LogP contribution < -0.4 is 15.3 Å². The smallest absolute Gasteiger partial charge is 0.410 e. The van der Waals surface area contributed by atoms with Crippen molar-refractivity contribution in [2.75, 3.05) is 31.6 Å². The Labute approximate surface area is 266 Å².